The van der Waals surface area contributed by atoms with Gasteiger partial charge >= 0.3 is 0 Å². The number of fused-ring (bicyclic) bond motifs is 1. The number of hydrogen-bond acceptors (Lipinski definition) is 5. The quantitative estimate of drug-likeness (QED) is 0.837. The number of ether oxygens (including phenoxy) is 2. The summed E-state index contributed by atoms with van der Waals surface area (Å²) in [5.74, 6) is 2.98. The van der Waals surface area contributed by atoms with Gasteiger partial charge in [0.1, 0.15) is 0 Å². The predicted molar refractivity (Wildman–Crippen MR) is 85.7 cm³/mol. The van der Waals surface area contributed by atoms with Crippen molar-refractivity contribution in [2.24, 2.45) is 11.7 Å². The molecule has 0 bridgehead atoms. The molecule has 4 fully saturated rings. The Labute approximate surface area is 132 Å². The summed E-state index contributed by atoms with van der Waals surface area (Å²) < 4.78 is 12.3. The third-order valence-corrected chi connectivity index (χ3v) is 7.21. The molecule has 21 heavy (non-hydrogen) atoms. The Balaban J connectivity index is 1.38. The summed E-state index contributed by atoms with van der Waals surface area (Å²) in [6.45, 7) is 4.07. The average molecular weight is 312 g/mol. The highest BCUT2D eigenvalue weighted by molar-refractivity contribution is 7.99. The van der Waals surface area contributed by atoms with Gasteiger partial charge < -0.3 is 15.2 Å². The number of rotatable bonds is 2. The van der Waals surface area contributed by atoms with Crippen LogP contribution < -0.4 is 5.73 Å². The van der Waals surface area contributed by atoms with Crippen molar-refractivity contribution in [1.82, 2.24) is 4.90 Å². The Morgan fingerprint density at radius 2 is 2.29 bits per heavy atom. The SMILES string of the molecule is NC(C1CCOC2(CCSC2)C1)C1CN2CCCC2CO1. The van der Waals surface area contributed by atoms with Gasteiger partial charge in [-0.3, -0.25) is 4.90 Å². The highest BCUT2D eigenvalue weighted by Gasteiger charge is 2.44. The van der Waals surface area contributed by atoms with Gasteiger partial charge in [0.25, 0.3) is 0 Å². The minimum absolute atomic E-state index is 0.135. The molecule has 0 aliphatic carbocycles. The fraction of sp³-hybridized carbons (Fsp3) is 1.00. The molecule has 0 saturated carbocycles. The van der Waals surface area contributed by atoms with Gasteiger partial charge in [0.15, 0.2) is 0 Å². The van der Waals surface area contributed by atoms with Crippen LogP contribution in [0.25, 0.3) is 0 Å². The van der Waals surface area contributed by atoms with Crippen LogP contribution in [0.1, 0.15) is 32.1 Å². The molecule has 0 aromatic carbocycles. The zero-order valence-corrected chi connectivity index (χ0v) is 13.7. The fourth-order valence-electron chi connectivity index (χ4n) is 4.64. The van der Waals surface area contributed by atoms with Crippen molar-refractivity contribution < 1.29 is 9.47 Å². The third-order valence-electron chi connectivity index (χ3n) is 5.99. The topological polar surface area (TPSA) is 47.7 Å². The second-order valence-corrected chi connectivity index (χ2v) is 8.43. The molecule has 5 heteroatoms. The summed E-state index contributed by atoms with van der Waals surface area (Å²) in [6, 6.07) is 0.846. The van der Waals surface area contributed by atoms with Gasteiger partial charge in [0.2, 0.25) is 0 Å². The van der Waals surface area contributed by atoms with Gasteiger partial charge in [0, 0.05) is 31.0 Å². The Morgan fingerprint density at radius 1 is 1.33 bits per heavy atom. The van der Waals surface area contributed by atoms with Gasteiger partial charge in [-0.2, -0.15) is 11.8 Å². The first-order valence-electron chi connectivity index (χ1n) is 8.59. The van der Waals surface area contributed by atoms with Crippen molar-refractivity contribution in [3.63, 3.8) is 0 Å². The van der Waals surface area contributed by atoms with Gasteiger partial charge in [-0.1, -0.05) is 0 Å². The molecule has 0 aromatic rings. The lowest BCUT2D eigenvalue weighted by Crippen LogP contribution is -2.57. The average Bonchev–Trinajstić information content (AvgIpc) is 3.15. The molecule has 5 unspecified atom stereocenters. The van der Waals surface area contributed by atoms with E-state index in [2.05, 4.69) is 4.90 Å². The second kappa shape index (κ2) is 6.00. The number of nitrogens with two attached hydrogens (primary N) is 1. The van der Waals surface area contributed by atoms with E-state index in [1.54, 1.807) is 0 Å². The smallest absolute Gasteiger partial charge is 0.0856 e. The van der Waals surface area contributed by atoms with Crippen molar-refractivity contribution in [3.8, 4) is 0 Å². The first-order valence-corrected chi connectivity index (χ1v) is 9.74. The number of nitrogens with zero attached hydrogens (tertiary/aromatic N) is 1. The zero-order chi connectivity index (χ0) is 14.3. The van der Waals surface area contributed by atoms with Crippen molar-refractivity contribution in [2.75, 3.05) is 37.8 Å². The molecule has 0 amide bonds. The van der Waals surface area contributed by atoms with Crippen LogP contribution >= 0.6 is 11.8 Å². The molecule has 4 saturated heterocycles. The number of hydrogen-bond donors (Lipinski definition) is 1. The molecule has 0 aromatic heterocycles. The maximum atomic E-state index is 6.64. The van der Waals surface area contributed by atoms with Crippen molar-refractivity contribution in [3.05, 3.63) is 0 Å². The lowest BCUT2D eigenvalue weighted by Gasteiger charge is -2.44. The minimum Gasteiger partial charge on any atom is -0.374 e. The molecule has 4 aliphatic heterocycles. The maximum Gasteiger partial charge on any atom is 0.0856 e. The predicted octanol–water partition coefficient (Wildman–Crippen LogP) is 1.48. The van der Waals surface area contributed by atoms with Gasteiger partial charge in [0.05, 0.1) is 18.3 Å². The zero-order valence-electron chi connectivity index (χ0n) is 12.8. The largest absolute Gasteiger partial charge is 0.374 e. The van der Waals surface area contributed by atoms with Crippen molar-refractivity contribution >= 4 is 11.8 Å². The van der Waals surface area contributed by atoms with E-state index < -0.39 is 0 Å². The van der Waals surface area contributed by atoms with E-state index in [-0.39, 0.29) is 17.7 Å². The van der Waals surface area contributed by atoms with Crippen LogP contribution in [0.5, 0.6) is 0 Å². The van der Waals surface area contributed by atoms with Crippen LogP contribution in [0.4, 0.5) is 0 Å². The minimum atomic E-state index is 0.135. The summed E-state index contributed by atoms with van der Waals surface area (Å²) in [5.41, 5.74) is 6.78. The molecule has 4 heterocycles. The van der Waals surface area contributed by atoms with Crippen LogP contribution in [0.2, 0.25) is 0 Å². The molecule has 1 spiro atoms. The van der Waals surface area contributed by atoms with Crippen LogP contribution in [0.3, 0.4) is 0 Å². The molecule has 120 valence electrons. The summed E-state index contributed by atoms with van der Waals surface area (Å²) in [5, 5.41) is 0. The van der Waals surface area contributed by atoms with Crippen molar-refractivity contribution in [1.29, 1.82) is 0 Å². The molecular formula is C16H28N2O2S. The number of morpholine rings is 1. The van der Waals surface area contributed by atoms with E-state index in [0.717, 1.165) is 38.4 Å². The van der Waals surface area contributed by atoms with Gasteiger partial charge in [-0.15, -0.1) is 0 Å². The molecule has 4 nitrogen and oxygen atoms in total. The molecule has 0 radical (unpaired) electrons. The Hall–Kier alpha value is 0.190. The standard InChI is InChI=1S/C16H28N2O2S/c17-15(14-9-18-5-1-2-13(18)10-19-14)12-3-6-20-16(8-12)4-7-21-11-16/h12-15H,1-11,17H2. The van der Waals surface area contributed by atoms with E-state index in [9.17, 15) is 0 Å². The van der Waals surface area contributed by atoms with Crippen LogP contribution in [-0.2, 0) is 9.47 Å². The highest BCUT2D eigenvalue weighted by Crippen LogP contribution is 2.41. The molecule has 2 N–H and O–H groups in total. The van der Waals surface area contributed by atoms with Crippen LogP contribution in [-0.4, -0.2) is 66.5 Å². The van der Waals surface area contributed by atoms with E-state index >= 15 is 0 Å². The lowest BCUT2D eigenvalue weighted by atomic mass is 9.79. The normalized spacial score (nSPS) is 45.9. The number of thioether (sulfide) groups is 1. The summed E-state index contributed by atoms with van der Waals surface area (Å²) in [6.07, 6.45) is 6.32. The summed E-state index contributed by atoms with van der Waals surface area (Å²) >= 11 is 2.04. The first-order chi connectivity index (χ1) is 10.3. The fourth-order valence-corrected chi connectivity index (χ4v) is 6.01. The van der Waals surface area contributed by atoms with Gasteiger partial charge in [-0.25, -0.2) is 0 Å². The van der Waals surface area contributed by atoms with E-state index in [1.807, 2.05) is 11.8 Å². The third kappa shape index (κ3) is 2.88. The van der Waals surface area contributed by atoms with E-state index in [1.165, 1.54) is 31.6 Å². The highest BCUT2D eigenvalue weighted by atomic mass is 32.2. The Bertz CT molecular complexity index is 375. The van der Waals surface area contributed by atoms with E-state index in [0.29, 0.717) is 12.0 Å². The molecular weight excluding hydrogens is 284 g/mol. The maximum absolute atomic E-state index is 6.64. The van der Waals surface area contributed by atoms with Gasteiger partial charge in [-0.05, 0) is 50.3 Å². The van der Waals surface area contributed by atoms with Crippen LogP contribution in [0, 0.1) is 5.92 Å². The lowest BCUT2D eigenvalue weighted by molar-refractivity contribution is -0.109. The Kier molecular flexibility index (Phi) is 4.22. The van der Waals surface area contributed by atoms with Crippen molar-refractivity contribution in [2.45, 2.75) is 55.9 Å². The summed E-state index contributed by atoms with van der Waals surface area (Å²) in [7, 11) is 0. The monoisotopic (exact) mass is 312 g/mol. The molecule has 5 atom stereocenters. The molecule has 4 aliphatic rings. The summed E-state index contributed by atoms with van der Waals surface area (Å²) in [4.78, 5) is 2.61. The Morgan fingerprint density at radius 3 is 3.14 bits per heavy atom. The van der Waals surface area contributed by atoms with Crippen LogP contribution in [0.15, 0.2) is 0 Å². The first kappa shape index (κ1) is 14.8. The second-order valence-electron chi connectivity index (χ2n) is 7.33. The van der Waals surface area contributed by atoms with E-state index in [4.69, 9.17) is 15.2 Å². The molecule has 4 rings (SSSR count).